The molecular weight excluding hydrogens is 264 g/mol. The van der Waals surface area contributed by atoms with Gasteiger partial charge in [0.25, 0.3) is 0 Å². The first kappa shape index (κ1) is 11.8. The van der Waals surface area contributed by atoms with Gasteiger partial charge in [-0.3, -0.25) is 0 Å². The molecule has 0 saturated heterocycles. The van der Waals surface area contributed by atoms with Gasteiger partial charge in [-0.15, -0.1) is 16.7 Å². The summed E-state index contributed by atoms with van der Waals surface area (Å²) in [7, 11) is 0. The van der Waals surface area contributed by atoms with Crippen LogP contribution in [0.4, 0.5) is 17.6 Å². The molecule has 0 spiro atoms. The normalized spacial score (nSPS) is 10.9. The molecule has 0 amide bonds. The number of hydrogen-bond donors (Lipinski definition) is 0. The van der Waals surface area contributed by atoms with Gasteiger partial charge in [0.05, 0.1) is 5.88 Å². The highest BCUT2D eigenvalue weighted by atomic mass is 35.5. The third kappa shape index (κ3) is 1.84. The van der Waals surface area contributed by atoms with Crippen molar-refractivity contribution in [3.8, 4) is 5.69 Å². The van der Waals surface area contributed by atoms with Crippen LogP contribution in [0.5, 0.6) is 0 Å². The average Bonchev–Trinajstić information content (AvgIpc) is 2.75. The van der Waals surface area contributed by atoms with Crippen molar-refractivity contribution in [1.29, 1.82) is 0 Å². The van der Waals surface area contributed by atoms with E-state index in [1.54, 1.807) is 0 Å². The second-order valence-corrected chi connectivity index (χ2v) is 3.22. The molecule has 0 saturated carbocycles. The van der Waals surface area contributed by atoms with Crippen LogP contribution in [0.25, 0.3) is 5.69 Å². The molecule has 4 nitrogen and oxygen atoms in total. The number of hydrogen-bond acceptors (Lipinski definition) is 3. The van der Waals surface area contributed by atoms with Gasteiger partial charge in [-0.2, -0.15) is 4.68 Å². The Morgan fingerprint density at radius 3 is 2.24 bits per heavy atom. The first-order chi connectivity index (χ1) is 8.06. The summed E-state index contributed by atoms with van der Waals surface area (Å²) in [5.41, 5.74) is -1.04. The van der Waals surface area contributed by atoms with Gasteiger partial charge in [0.15, 0.2) is 29.1 Å². The van der Waals surface area contributed by atoms with Gasteiger partial charge in [-0.1, -0.05) is 0 Å². The third-order valence-electron chi connectivity index (χ3n) is 1.95. The fraction of sp³-hybridized carbons (Fsp3) is 0.125. The second kappa shape index (κ2) is 4.28. The standard InChI is InChI=1S/C8H3ClF4N4/c9-2-5-14-15-16-17(5)8-6(12)3(10)1-4(11)7(8)13/h1H,2H2. The Kier molecular flexibility index (Phi) is 2.97. The third-order valence-corrected chi connectivity index (χ3v) is 2.19. The van der Waals surface area contributed by atoms with Gasteiger partial charge in [-0.25, -0.2) is 17.6 Å². The Bertz CT molecular complexity index is 545. The van der Waals surface area contributed by atoms with E-state index in [1.165, 1.54) is 0 Å². The van der Waals surface area contributed by atoms with Gasteiger partial charge >= 0.3 is 0 Å². The molecule has 0 fully saturated rings. The lowest BCUT2D eigenvalue weighted by atomic mass is 10.2. The van der Waals surface area contributed by atoms with E-state index >= 15 is 0 Å². The summed E-state index contributed by atoms with van der Waals surface area (Å²) in [6.07, 6.45) is 0. The predicted octanol–water partition coefficient (Wildman–Crippen LogP) is 1.96. The van der Waals surface area contributed by atoms with Crippen LogP contribution in [0.3, 0.4) is 0 Å². The smallest absolute Gasteiger partial charge is 0.187 e. The zero-order valence-corrected chi connectivity index (χ0v) is 8.72. The molecule has 1 heterocycles. The Labute approximate surface area is 96.8 Å². The van der Waals surface area contributed by atoms with Crippen molar-refractivity contribution < 1.29 is 17.6 Å². The zero-order chi connectivity index (χ0) is 12.6. The topological polar surface area (TPSA) is 43.6 Å². The molecule has 17 heavy (non-hydrogen) atoms. The van der Waals surface area contributed by atoms with E-state index in [9.17, 15) is 17.6 Å². The summed E-state index contributed by atoms with van der Waals surface area (Å²) < 4.78 is 53.2. The Hall–Kier alpha value is -1.70. The minimum Gasteiger partial charge on any atom is -0.204 e. The van der Waals surface area contributed by atoms with Crippen LogP contribution in [-0.4, -0.2) is 20.2 Å². The van der Waals surface area contributed by atoms with Crippen molar-refractivity contribution in [1.82, 2.24) is 20.2 Å². The number of benzene rings is 1. The number of halogens is 5. The molecule has 0 atom stereocenters. The second-order valence-electron chi connectivity index (χ2n) is 2.96. The van der Waals surface area contributed by atoms with Crippen molar-refractivity contribution in [3.05, 3.63) is 35.2 Å². The maximum absolute atomic E-state index is 13.4. The van der Waals surface area contributed by atoms with E-state index in [2.05, 4.69) is 15.5 Å². The summed E-state index contributed by atoms with van der Waals surface area (Å²) in [5.74, 6) is -6.70. The Morgan fingerprint density at radius 2 is 1.71 bits per heavy atom. The monoisotopic (exact) mass is 266 g/mol. The van der Waals surface area contributed by atoms with E-state index in [0.29, 0.717) is 4.68 Å². The van der Waals surface area contributed by atoms with Gasteiger partial charge < -0.3 is 0 Å². The first-order valence-corrected chi connectivity index (χ1v) is 4.76. The highest BCUT2D eigenvalue weighted by molar-refractivity contribution is 6.16. The van der Waals surface area contributed by atoms with E-state index in [1.807, 2.05) is 0 Å². The maximum Gasteiger partial charge on any atom is 0.187 e. The summed E-state index contributed by atoms with van der Waals surface area (Å²) in [4.78, 5) is 0. The van der Waals surface area contributed by atoms with Gasteiger partial charge in [-0.05, 0) is 10.4 Å². The quantitative estimate of drug-likeness (QED) is 0.474. The van der Waals surface area contributed by atoms with Gasteiger partial charge in [0.1, 0.15) is 5.69 Å². The first-order valence-electron chi connectivity index (χ1n) is 4.22. The Morgan fingerprint density at radius 1 is 1.12 bits per heavy atom. The van der Waals surface area contributed by atoms with Gasteiger partial charge in [0.2, 0.25) is 0 Å². The fourth-order valence-electron chi connectivity index (χ4n) is 1.21. The minimum atomic E-state index is -1.59. The van der Waals surface area contributed by atoms with E-state index in [-0.39, 0.29) is 17.8 Å². The number of aromatic nitrogens is 4. The summed E-state index contributed by atoms with van der Waals surface area (Å²) in [6.45, 7) is 0. The molecule has 0 aliphatic heterocycles. The highest BCUT2D eigenvalue weighted by Gasteiger charge is 2.23. The summed E-state index contributed by atoms with van der Waals surface area (Å²) in [6, 6.07) is 0.0961. The maximum atomic E-state index is 13.4. The van der Waals surface area contributed by atoms with Crippen LogP contribution in [0.2, 0.25) is 0 Å². The van der Waals surface area contributed by atoms with Crippen LogP contribution < -0.4 is 0 Å². The number of nitrogens with zero attached hydrogens (tertiary/aromatic N) is 4. The van der Waals surface area contributed by atoms with E-state index in [4.69, 9.17) is 11.6 Å². The number of alkyl halides is 1. The lowest BCUT2D eigenvalue weighted by Gasteiger charge is -2.06. The van der Waals surface area contributed by atoms with Crippen molar-refractivity contribution in [2.24, 2.45) is 0 Å². The molecule has 1 aromatic heterocycles. The highest BCUT2D eigenvalue weighted by Crippen LogP contribution is 2.23. The molecule has 90 valence electrons. The molecule has 0 bridgehead atoms. The Balaban J connectivity index is 2.75. The van der Waals surface area contributed by atoms with E-state index < -0.39 is 29.0 Å². The molecule has 0 unspecified atom stereocenters. The number of tetrazole rings is 1. The zero-order valence-electron chi connectivity index (χ0n) is 7.96. The molecule has 2 rings (SSSR count). The summed E-state index contributed by atoms with van der Waals surface area (Å²) >= 11 is 5.41. The molecule has 0 radical (unpaired) electrons. The van der Waals surface area contributed by atoms with E-state index in [0.717, 1.165) is 0 Å². The van der Waals surface area contributed by atoms with Crippen molar-refractivity contribution in [2.75, 3.05) is 0 Å². The van der Waals surface area contributed by atoms with Crippen molar-refractivity contribution in [3.63, 3.8) is 0 Å². The van der Waals surface area contributed by atoms with Crippen LogP contribution in [0, 0.1) is 23.3 Å². The van der Waals surface area contributed by atoms with Crippen molar-refractivity contribution >= 4 is 11.6 Å². The average molecular weight is 267 g/mol. The van der Waals surface area contributed by atoms with Gasteiger partial charge in [0, 0.05) is 6.07 Å². The lowest BCUT2D eigenvalue weighted by Crippen LogP contribution is -2.10. The van der Waals surface area contributed by atoms with Crippen LogP contribution in [0.1, 0.15) is 5.82 Å². The predicted molar refractivity (Wildman–Crippen MR) is 48.5 cm³/mol. The molecule has 9 heteroatoms. The number of rotatable bonds is 2. The lowest BCUT2D eigenvalue weighted by molar-refractivity contribution is 0.442. The molecule has 2 aromatic rings. The summed E-state index contributed by atoms with van der Waals surface area (Å²) in [5, 5.41) is 9.67. The SMILES string of the molecule is Fc1cc(F)c(F)c(-n2nnnc2CCl)c1F. The fourth-order valence-corrected chi connectivity index (χ4v) is 1.38. The minimum absolute atomic E-state index is 0.0961. The molecule has 0 aliphatic carbocycles. The molecule has 0 N–H and O–H groups in total. The molecular formula is C8H3ClF4N4. The largest absolute Gasteiger partial charge is 0.204 e. The van der Waals surface area contributed by atoms with Crippen LogP contribution in [0.15, 0.2) is 6.07 Å². The van der Waals surface area contributed by atoms with Crippen LogP contribution in [-0.2, 0) is 5.88 Å². The van der Waals surface area contributed by atoms with Crippen molar-refractivity contribution in [2.45, 2.75) is 5.88 Å². The molecule has 1 aromatic carbocycles. The molecule has 0 aliphatic rings. The van der Waals surface area contributed by atoms with Crippen LogP contribution >= 0.6 is 11.6 Å².